The summed E-state index contributed by atoms with van der Waals surface area (Å²) in [5.74, 6) is -0.544. The van der Waals surface area contributed by atoms with Crippen LogP contribution < -0.4 is 10.1 Å². The quantitative estimate of drug-likeness (QED) is 0.773. The molecule has 0 saturated carbocycles. The number of rotatable bonds is 6. The Morgan fingerprint density at radius 1 is 1.07 bits per heavy atom. The molecule has 0 amide bonds. The van der Waals surface area contributed by atoms with E-state index >= 15 is 0 Å². The molecule has 1 saturated heterocycles. The van der Waals surface area contributed by atoms with Gasteiger partial charge in [-0.15, -0.1) is 0 Å². The topological polar surface area (TPSA) is 89.5 Å². The molecule has 2 aromatic carbocycles. The van der Waals surface area contributed by atoms with E-state index in [4.69, 9.17) is 4.74 Å². The van der Waals surface area contributed by atoms with Crippen molar-refractivity contribution in [1.29, 1.82) is 0 Å². The van der Waals surface area contributed by atoms with Gasteiger partial charge in [-0.3, -0.25) is 0 Å². The minimum absolute atomic E-state index is 0.0546. The molecule has 146 valence electrons. The second-order valence-corrected chi connectivity index (χ2v) is 10.8. The zero-order valence-electron chi connectivity index (χ0n) is 14.6. The van der Waals surface area contributed by atoms with Gasteiger partial charge in [-0.25, -0.2) is 21.2 Å². The Labute approximate surface area is 158 Å². The van der Waals surface area contributed by atoms with Gasteiger partial charge < -0.3 is 10.1 Å². The zero-order chi connectivity index (χ0) is 19.7. The van der Waals surface area contributed by atoms with E-state index in [1.807, 2.05) is 0 Å². The molecule has 0 spiro atoms. The maximum atomic E-state index is 13.0. The van der Waals surface area contributed by atoms with Crippen molar-refractivity contribution >= 4 is 19.7 Å². The van der Waals surface area contributed by atoms with Crippen LogP contribution in [0.25, 0.3) is 0 Å². The van der Waals surface area contributed by atoms with Crippen molar-refractivity contribution in [3.05, 3.63) is 59.9 Å². The van der Waals surface area contributed by atoms with Gasteiger partial charge in [-0.2, -0.15) is 0 Å². The van der Waals surface area contributed by atoms with E-state index in [-0.39, 0.29) is 23.0 Å². The highest BCUT2D eigenvalue weighted by Crippen LogP contribution is 2.27. The number of hydrogen-bond donors (Lipinski definition) is 1. The lowest BCUT2D eigenvalue weighted by molar-refractivity contribution is 0.414. The highest BCUT2D eigenvalue weighted by Gasteiger charge is 2.45. The molecule has 2 atom stereocenters. The van der Waals surface area contributed by atoms with Crippen LogP contribution in [0, 0.1) is 5.82 Å². The highest BCUT2D eigenvalue weighted by atomic mass is 32.2. The van der Waals surface area contributed by atoms with E-state index in [0.29, 0.717) is 5.75 Å². The number of sulfone groups is 2. The molecule has 9 heteroatoms. The second kappa shape index (κ2) is 7.57. The number of benzene rings is 2. The van der Waals surface area contributed by atoms with E-state index < -0.39 is 36.7 Å². The molecule has 1 N–H and O–H groups in total. The lowest BCUT2D eigenvalue weighted by Crippen LogP contribution is -2.43. The van der Waals surface area contributed by atoms with Gasteiger partial charge >= 0.3 is 0 Å². The van der Waals surface area contributed by atoms with Gasteiger partial charge in [0.15, 0.2) is 19.7 Å². The Kier molecular flexibility index (Phi) is 5.55. The van der Waals surface area contributed by atoms with Crippen LogP contribution in [0.3, 0.4) is 0 Å². The first-order valence-electron chi connectivity index (χ1n) is 8.27. The van der Waals surface area contributed by atoms with Crippen molar-refractivity contribution < 1.29 is 26.0 Å². The van der Waals surface area contributed by atoms with Crippen LogP contribution in [-0.2, 0) is 26.2 Å². The molecule has 2 aromatic rings. The first kappa shape index (κ1) is 19.8. The number of nitrogens with one attached hydrogen (secondary N) is 1. The van der Waals surface area contributed by atoms with Crippen molar-refractivity contribution in [2.24, 2.45) is 0 Å². The predicted molar refractivity (Wildman–Crippen MR) is 99.6 cm³/mol. The normalized spacial score (nSPS) is 21.9. The zero-order valence-corrected chi connectivity index (χ0v) is 16.3. The van der Waals surface area contributed by atoms with E-state index in [0.717, 1.165) is 5.56 Å². The molecule has 0 aliphatic carbocycles. The highest BCUT2D eigenvalue weighted by molar-refractivity contribution is 7.96. The van der Waals surface area contributed by atoms with Crippen LogP contribution in [0.15, 0.2) is 53.4 Å². The number of hydrogen-bond acceptors (Lipinski definition) is 6. The van der Waals surface area contributed by atoms with Crippen LogP contribution in [0.1, 0.15) is 5.56 Å². The van der Waals surface area contributed by atoms with Crippen molar-refractivity contribution in [1.82, 2.24) is 5.32 Å². The molecule has 6 nitrogen and oxygen atoms in total. The monoisotopic (exact) mass is 413 g/mol. The fourth-order valence-corrected chi connectivity index (χ4v) is 7.82. The molecule has 0 radical (unpaired) electrons. The molecule has 1 aliphatic heterocycles. The van der Waals surface area contributed by atoms with Crippen molar-refractivity contribution in [3.63, 3.8) is 0 Å². The smallest absolute Gasteiger partial charge is 0.183 e. The van der Waals surface area contributed by atoms with Crippen molar-refractivity contribution in [2.75, 3.05) is 18.6 Å². The minimum Gasteiger partial charge on any atom is -0.497 e. The summed E-state index contributed by atoms with van der Waals surface area (Å²) in [6.07, 6.45) is 0. The van der Waals surface area contributed by atoms with Gasteiger partial charge in [0.25, 0.3) is 0 Å². The Balaban J connectivity index is 1.82. The lowest BCUT2D eigenvalue weighted by Gasteiger charge is -2.20. The summed E-state index contributed by atoms with van der Waals surface area (Å²) < 4.78 is 68.2. The lowest BCUT2D eigenvalue weighted by atomic mass is 10.2. The molecule has 3 rings (SSSR count). The average Bonchev–Trinajstić information content (AvgIpc) is 2.97. The standard InChI is InChI=1S/C18H20FNO5S2/c1-25-15-6-8-16(9-7-15)27(23,24)18-12-26(21,22)11-17(18)20-10-13-2-4-14(19)5-3-13/h2-9,17-18,20H,10-12H2,1H3. The largest absolute Gasteiger partial charge is 0.497 e. The third-order valence-electron chi connectivity index (χ3n) is 4.57. The van der Waals surface area contributed by atoms with Crippen LogP contribution in [0.2, 0.25) is 0 Å². The summed E-state index contributed by atoms with van der Waals surface area (Å²) >= 11 is 0. The van der Waals surface area contributed by atoms with Crippen molar-refractivity contribution in [3.8, 4) is 5.75 Å². The predicted octanol–water partition coefficient (Wildman–Crippen LogP) is 1.56. The summed E-state index contributed by atoms with van der Waals surface area (Å²) in [6.45, 7) is 0.245. The first-order chi connectivity index (χ1) is 12.7. The Morgan fingerprint density at radius 2 is 1.70 bits per heavy atom. The maximum Gasteiger partial charge on any atom is 0.183 e. The van der Waals surface area contributed by atoms with Crippen LogP contribution >= 0.6 is 0 Å². The molecule has 27 heavy (non-hydrogen) atoms. The third kappa shape index (κ3) is 4.48. The van der Waals surface area contributed by atoms with E-state index in [9.17, 15) is 21.2 Å². The molecule has 0 aromatic heterocycles. The van der Waals surface area contributed by atoms with Gasteiger partial charge in [0.2, 0.25) is 0 Å². The summed E-state index contributed by atoms with van der Waals surface area (Å²) in [5.41, 5.74) is 0.737. The molecule has 2 unspecified atom stereocenters. The number of ether oxygens (including phenoxy) is 1. The third-order valence-corrected chi connectivity index (χ3v) is 8.74. The Hall–Kier alpha value is -1.97. The first-order valence-corrected chi connectivity index (χ1v) is 11.6. The fraction of sp³-hybridized carbons (Fsp3) is 0.333. The SMILES string of the molecule is COc1ccc(S(=O)(=O)C2CS(=O)(=O)CC2NCc2ccc(F)cc2)cc1. The molecular formula is C18H20FNO5S2. The fourth-order valence-electron chi connectivity index (χ4n) is 3.10. The average molecular weight is 413 g/mol. The van der Waals surface area contributed by atoms with E-state index in [1.165, 1.54) is 43.5 Å². The molecular weight excluding hydrogens is 393 g/mol. The minimum atomic E-state index is -3.85. The molecule has 1 heterocycles. The number of halogens is 1. The van der Waals surface area contributed by atoms with Gasteiger partial charge in [0.05, 0.1) is 28.8 Å². The van der Waals surface area contributed by atoms with Crippen LogP contribution in [0.5, 0.6) is 5.75 Å². The van der Waals surface area contributed by atoms with Crippen LogP contribution in [0.4, 0.5) is 4.39 Å². The van der Waals surface area contributed by atoms with Gasteiger partial charge in [0, 0.05) is 12.6 Å². The number of methoxy groups -OCH3 is 1. The van der Waals surface area contributed by atoms with Crippen LogP contribution in [-0.4, -0.2) is 46.7 Å². The summed E-state index contributed by atoms with van der Waals surface area (Å²) in [6, 6.07) is 10.9. The van der Waals surface area contributed by atoms with Crippen molar-refractivity contribution in [2.45, 2.75) is 22.7 Å². The summed E-state index contributed by atoms with van der Waals surface area (Å²) in [5, 5.41) is 1.93. The van der Waals surface area contributed by atoms with E-state index in [1.54, 1.807) is 12.1 Å². The van der Waals surface area contributed by atoms with Gasteiger partial charge in [-0.05, 0) is 42.0 Å². The van der Waals surface area contributed by atoms with Gasteiger partial charge in [-0.1, -0.05) is 12.1 Å². The maximum absolute atomic E-state index is 13.0. The summed E-state index contributed by atoms with van der Waals surface area (Å²) in [4.78, 5) is 0.0546. The molecule has 1 aliphatic rings. The molecule has 0 bridgehead atoms. The summed E-state index contributed by atoms with van der Waals surface area (Å²) in [7, 11) is -5.86. The van der Waals surface area contributed by atoms with E-state index in [2.05, 4.69) is 5.32 Å². The Bertz CT molecular complexity index is 1000. The second-order valence-electron chi connectivity index (χ2n) is 6.45. The molecule has 1 fully saturated rings. The Morgan fingerprint density at radius 3 is 2.30 bits per heavy atom. The van der Waals surface area contributed by atoms with Gasteiger partial charge in [0.1, 0.15) is 11.6 Å².